The Balaban J connectivity index is 1.86. The summed E-state index contributed by atoms with van der Waals surface area (Å²) >= 11 is 6.09. The van der Waals surface area contributed by atoms with Gasteiger partial charge in [0.25, 0.3) is 0 Å². The lowest BCUT2D eigenvalue weighted by Crippen LogP contribution is -2.25. The zero-order chi connectivity index (χ0) is 16.4. The Bertz CT molecular complexity index is 911. The average Bonchev–Trinajstić information content (AvgIpc) is 3.07. The van der Waals surface area contributed by atoms with E-state index in [4.69, 9.17) is 16.1 Å². The molecule has 9 heteroatoms. The molecular weight excluding hydrogens is 324 g/mol. The predicted molar refractivity (Wildman–Crippen MR) is 81.1 cm³/mol. The van der Waals surface area contributed by atoms with Crippen LogP contribution >= 0.6 is 11.6 Å². The summed E-state index contributed by atoms with van der Waals surface area (Å²) in [5.74, 6) is -0.245. The van der Waals surface area contributed by atoms with Crippen molar-refractivity contribution >= 4 is 23.3 Å². The van der Waals surface area contributed by atoms with Crippen LogP contribution in [-0.2, 0) is 11.3 Å². The lowest BCUT2D eigenvalue weighted by atomic mass is 10.2. The van der Waals surface area contributed by atoms with Crippen molar-refractivity contribution in [2.75, 3.05) is 5.32 Å². The van der Waals surface area contributed by atoms with Gasteiger partial charge in [-0.05, 0) is 19.1 Å². The molecular formula is C14H11ClN4O4. The first-order valence-corrected chi connectivity index (χ1v) is 6.97. The molecule has 0 aliphatic heterocycles. The predicted octanol–water partition coefficient (Wildman–Crippen LogP) is 2.09. The van der Waals surface area contributed by atoms with Crippen LogP contribution in [0.4, 0.5) is 5.82 Å². The minimum atomic E-state index is -0.758. The SMILES string of the molecule is Cc1cc(NC(=O)Cn2c(-c3ccccc3Cl)noc2=O)no1. The maximum atomic E-state index is 12.1. The summed E-state index contributed by atoms with van der Waals surface area (Å²) in [7, 11) is 0. The van der Waals surface area contributed by atoms with Gasteiger partial charge in [0.05, 0.1) is 5.02 Å². The number of carbonyl (C=O) groups is 1. The number of nitrogens with one attached hydrogen (secondary N) is 1. The molecule has 2 heterocycles. The van der Waals surface area contributed by atoms with Gasteiger partial charge in [-0.1, -0.05) is 34.0 Å². The van der Waals surface area contributed by atoms with Gasteiger partial charge in [0.1, 0.15) is 12.3 Å². The lowest BCUT2D eigenvalue weighted by molar-refractivity contribution is -0.116. The summed E-state index contributed by atoms with van der Waals surface area (Å²) in [4.78, 5) is 23.8. The highest BCUT2D eigenvalue weighted by Crippen LogP contribution is 2.25. The first-order chi connectivity index (χ1) is 11.0. The Morgan fingerprint density at radius 3 is 2.78 bits per heavy atom. The Morgan fingerprint density at radius 1 is 1.30 bits per heavy atom. The molecule has 3 rings (SSSR count). The maximum Gasteiger partial charge on any atom is 0.442 e. The van der Waals surface area contributed by atoms with Crippen molar-refractivity contribution < 1.29 is 13.8 Å². The van der Waals surface area contributed by atoms with E-state index in [2.05, 4.69) is 20.2 Å². The Hall–Kier alpha value is -2.87. The van der Waals surface area contributed by atoms with Crippen molar-refractivity contribution in [1.29, 1.82) is 0 Å². The van der Waals surface area contributed by atoms with Gasteiger partial charge in [-0.15, -0.1) is 0 Å². The number of nitrogens with zero attached hydrogens (tertiary/aromatic N) is 3. The number of carbonyl (C=O) groups excluding carboxylic acids is 1. The smallest absolute Gasteiger partial charge is 0.360 e. The van der Waals surface area contributed by atoms with Crippen LogP contribution in [0.2, 0.25) is 5.02 Å². The first-order valence-electron chi connectivity index (χ1n) is 6.59. The van der Waals surface area contributed by atoms with E-state index in [1.165, 1.54) is 0 Å². The van der Waals surface area contributed by atoms with E-state index in [1.807, 2.05) is 0 Å². The zero-order valence-corrected chi connectivity index (χ0v) is 12.7. The van der Waals surface area contributed by atoms with Gasteiger partial charge >= 0.3 is 5.76 Å². The van der Waals surface area contributed by atoms with Crippen molar-refractivity contribution in [2.24, 2.45) is 0 Å². The number of aryl methyl sites for hydroxylation is 1. The fourth-order valence-corrected chi connectivity index (χ4v) is 2.22. The highest BCUT2D eigenvalue weighted by molar-refractivity contribution is 6.33. The minimum absolute atomic E-state index is 0.173. The highest BCUT2D eigenvalue weighted by Gasteiger charge is 2.18. The number of hydrogen-bond donors (Lipinski definition) is 1. The van der Waals surface area contributed by atoms with Crippen LogP contribution in [0.3, 0.4) is 0 Å². The summed E-state index contributed by atoms with van der Waals surface area (Å²) in [6, 6.07) is 8.37. The second-order valence-corrected chi connectivity index (χ2v) is 5.12. The molecule has 0 spiro atoms. The number of anilines is 1. The van der Waals surface area contributed by atoms with Crippen LogP contribution in [0.1, 0.15) is 5.76 Å². The maximum absolute atomic E-state index is 12.1. The molecule has 8 nitrogen and oxygen atoms in total. The molecule has 118 valence electrons. The van der Waals surface area contributed by atoms with Crippen LogP contribution in [-0.4, -0.2) is 20.8 Å². The molecule has 1 amide bonds. The standard InChI is InChI=1S/C14H11ClN4O4/c1-8-6-11(17-22-8)16-12(20)7-19-13(18-23-14(19)21)9-4-2-3-5-10(9)15/h2-6H,7H2,1H3,(H,16,17,20). The Morgan fingerprint density at radius 2 is 2.09 bits per heavy atom. The second kappa shape index (κ2) is 6.09. The topological polar surface area (TPSA) is 103 Å². The molecule has 1 N–H and O–H groups in total. The molecule has 0 saturated heterocycles. The van der Waals surface area contributed by atoms with Gasteiger partial charge in [-0.25, -0.2) is 9.36 Å². The van der Waals surface area contributed by atoms with E-state index in [1.54, 1.807) is 37.3 Å². The minimum Gasteiger partial charge on any atom is -0.360 e. The van der Waals surface area contributed by atoms with Gasteiger partial charge in [-0.3, -0.25) is 9.32 Å². The molecule has 0 bridgehead atoms. The number of rotatable bonds is 4. The van der Waals surface area contributed by atoms with Gasteiger partial charge in [-0.2, -0.15) is 0 Å². The summed E-state index contributed by atoms with van der Waals surface area (Å²) in [5, 5.41) is 10.2. The number of amides is 1. The summed E-state index contributed by atoms with van der Waals surface area (Å²) in [6.07, 6.45) is 0. The third kappa shape index (κ3) is 3.16. The zero-order valence-electron chi connectivity index (χ0n) is 11.9. The van der Waals surface area contributed by atoms with Crippen molar-refractivity contribution in [3.63, 3.8) is 0 Å². The van der Waals surface area contributed by atoms with E-state index >= 15 is 0 Å². The monoisotopic (exact) mass is 334 g/mol. The molecule has 0 saturated carbocycles. The molecule has 23 heavy (non-hydrogen) atoms. The second-order valence-electron chi connectivity index (χ2n) is 4.71. The lowest BCUT2D eigenvalue weighted by Gasteiger charge is -2.05. The number of benzene rings is 1. The number of aromatic nitrogens is 3. The number of hydrogen-bond acceptors (Lipinski definition) is 6. The largest absolute Gasteiger partial charge is 0.442 e. The normalized spacial score (nSPS) is 10.7. The van der Waals surface area contributed by atoms with Crippen LogP contribution in [0.25, 0.3) is 11.4 Å². The van der Waals surface area contributed by atoms with Crippen LogP contribution in [0.15, 0.2) is 44.2 Å². The molecule has 0 atom stereocenters. The molecule has 0 unspecified atom stereocenters. The van der Waals surface area contributed by atoms with Crippen molar-refractivity contribution in [3.05, 3.63) is 51.7 Å². The van der Waals surface area contributed by atoms with E-state index in [9.17, 15) is 9.59 Å². The van der Waals surface area contributed by atoms with Gasteiger partial charge in [0.2, 0.25) is 5.91 Å². The third-order valence-electron chi connectivity index (χ3n) is 3.00. The Kier molecular flexibility index (Phi) is 3.98. The average molecular weight is 335 g/mol. The summed E-state index contributed by atoms with van der Waals surface area (Å²) in [6.45, 7) is 1.40. The third-order valence-corrected chi connectivity index (χ3v) is 3.33. The molecule has 0 aliphatic rings. The first kappa shape index (κ1) is 15.0. The van der Waals surface area contributed by atoms with Crippen LogP contribution in [0, 0.1) is 6.92 Å². The molecule has 0 fully saturated rings. The summed E-state index contributed by atoms with van der Waals surface area (Å²) < 4.78 is 10.6. The van der Waals surface area contributed by atoms with Gasteiger partial charge in [0, 0.05) is 11.6 Å². The fraction of sp³-hybridized carbons (Fsp3) is 0.143. The molecule has 0 aliphatic carbocycles. The van der Waals surface area contributed by atoms with Gasteiger partial charge in [0.15, 0.2) is 11.6 Å². The molecule has 0 radical (unpaired) electrons. The quantitative estimate of drug-likeness (QED) is 0.783. The van der Waals surface area contributed by atoms with Crippen LogP contribution < -0.4 is 11.1 Å². The highest BCUT2D eigenvalue weighted by atomic mass is 35.5. The summed E-state index contributed by atoms with van der Waals surface area (Å²) in [5.41, 5.74) is 0.491. The van der Waals surface area contributed by atoms with Crippen molar-refractivity contribution in [1.82, 2.24) is 14.9 Å². The van der Waals surface area contributed by atoms with Crippen LogP contribution in [0.5, 0.6) is 0 Å². The molecule has 3 aromatic rings. The van der Waals surface area contributed by atoms with Crippen molar-refractivity contribution in [2.45, 2.75) is 13.5 Å². The van der Waals surface area contributed by atoms with E-state index in [0.717, 1.165) is 4.57 Å². The number of halogens is 1. The van der Waals surface area contributed by atoms with Crippen molar-refractivity contribution in [3.8, 4) is 11.4 Å². The Labute approximate surface area is 134 Å². The van der Waals surface area contributed by atoms with E-state index in [0.29, 0.717) is 16.3 Å². The fourth-order valence-electron chi connectivity index (χ4n) is 2.00. The molecule has 2 aromatic heterocycles. The van der Waals surface area contributed by atoms with Gasteiger partial charge < -0.3 is 9.84 Å². The van der Waals surface area contributed by atoms with E-state index in [-0.39, 0.29) is 18.2 Å². The molecule has 1 aromatic carbocycles. The van der Waals surface area contributed by atoms with E-state index < -0.39 is 11.7 Å².